The minimum Gasteiger partial charge on any atom is -0.493 e. The number of aryl methyl sites for hydroxylation is 1. The van der Waals surface area contributed by atoms with Gasteiger partial charge < -0.3 is 19.7 Å². The van der Waals surface area contributed by atoms with Crippen LogP contribution >= 0.6 is 24.0 Å². The van der Waals surface area contributed by atoms with Gasteiger partial charge in [0, 0.05) is 38.4 Å². The van der Waals surface area contributed by atoms with Gasteiger partial charge in [-0.2, -0.15) is 18.3 Å². The van der Waals surface area contributed by atoms with Gasteiger partial charge in [-0.25, -0.2) is 4.99 Å². The molecule has 1 aromatic carbocycles. The first-order valence-corrected chi connectivity index (χ1v) is 9.63. The molecule has 0 radical (unpaired) electrons. The van der Waals surface area contributed by atoms with Crippen molar-refractivity contribution in [3.63, 3.8) is 0 Å². The van der Waals surface area contributed by atoms with Crippen LogP contribution in [-0.4, -0.2) is 47.9 Å². The molecule has 7 nitrogen and oxygen atoms in total. The third kappa shape index (κ3) is 5.74. The van der Waals surface area contributed by atoms with Gasteiger partial charge in [0.2, 0.25) is 0 Å². The number of benzene rings is 1. The highest BCUT2D eigenvalue weighted by Crippen LogP contribution is 2.33. The number of ether oxygens (including phenoxy) is 2. The largest absolute Gasteiger partial charge is 0.493 e. The lowest BCUT2D eigenvalue weighted by molar-refractivity contribution is -0.142. The molecule has 0 aliphatic carbocycles. The maximum absolute atomic E-state index is 13.2. The van der Waals surface area contributed by atoms with Gasteiger partial charge in [0.05, 0.1) is 20.8 Å². The number of hydrogen-bond acceptors (Lipinski definition) is 4. The summed E-state index contributed by atoms with van der Waals surface area (Å²) in [5, 5.41) is 6.73. The van der Waals surface area contributed by atoms with E-state index in [-0.39, 0.29) is 36.1 Å². The number of nitrogens with one attached hydrogen (secondary N) is 1. The van der Waals surface area contributed by atoms with Crippen molar-refractivity contribution in [1.82, 2.24) is 20.0 Å². The molecule has 172 valence electrons. The van der Waals surface area contributed by atoms with Crippen molar-refractivity contribution < 1.29 is 22.6 Å². The van der Waals surface area contributed by atoms with Gasteiger partial charge in [0.1, 0.15) is 0 Å². The van der Waals surface area contributed by atoms with Gasteiger partial charge >= 0.3 is 6.18 Å². The number of methoxy groups -OCH3 is 2. The molecular weight excluding hydrogens is 526 g/mol. The molecule has 2 heterocycles. The number of halogens is 4. The molecule has 3 rings (SSSR count). The van der Waals surface area contributed by atoms with E-state index >= 15 is 0 Å². The van der Waals surface area contributed by atoms with Crippen LogP contribution in [0.4, 0.5) is 13.2 Å². The molecule has 0 saturated carbocycles. The first-order valence-electron chi connectivity index (χ1n) is 9.63. The number of alkyl halides is 3. The maximum atomic E-state index is 13.2. The van der Waals surface area contributed by atoms with Gasteiger partial charge in [0.15, 0.2) is 23.2 Å². The van der Waals surface area contributed by atoms with E-state index in [0.717, 1.165) is 22.2 Å². The van der Waals surface area contributed by atoms with Crippen LogP contribution < -0.4 is 14.8 Å². The Labute approximate surface area is 196 Å². The van der Waals surface area contributed by atoms with E-state index in [0.29, 0.717) is 37.1 Å². The Morgan fingerprint density at radius 1 is 1.19 bits per heavy atom. The van der Waals surface area contributed by atoms with Crippen molar-refractivity contribution in [1.29, 1.82) is 0 Å². The number of aromatic nitrogens is 2. The van der Waals surface area contributed by atoms with Gasteiger partial charge in [-0.1, -0.05) is 0 Å². The summed E-state index contributed by atoms with van der Waals surface area (Å²) >= 11 is 0. The SMILES string of the molecule is CCNC(=NCc1cn(C)nc1C(F)(F)F)N1CCc2cc(OC)c(OC)cc2C1.I. The molecule has 0 amide bonds. The highest BCUT2D eigenvalue weighted by Gasteiger charge is 2.36. The molecule has 2 aromatic rings. The average molecular weight is 553 g/mol. The quantitative estimate of drug-likeness (QED) is 0.349. The molecule has 31 heavy (non-hydrogen) atoms. The van der Waals surface area contributed by atoms with E-state index < -0.39 is 11.9 Å². The fraction of sp³-hybridized carbons (Fsp3) is 0.500. The molecular formula is C20H27F3IN5O2. The Kier molecular flexibility index (Phi) is 8.43. The summed E-state index contributed by atoms with van der Waals surface area (Å²) in [6.45, 7) is 3.67. The molecule has 1 N–H and O–H groups in total. The zero-order valence-corrected chi connectivity index (χ0v) is 20.2. The summed E-state index contributed by atoms with van der Waals surface area (Å²) in [6.07, 6.45) is -2.39. The minimum absolute atomic E-state index is 0. The first-order chi connectivity index (χ1) is 14.3. The van der Waals surface area contributed by atoms with Crippen LogP contribution in [0.2, 0.25) is 0 Å². The Morgan fingerprint density at radius 2 is 1.84 bits per heavy atom. The summed E-state index contributed by atoms with van der Waals surface area (Å²) < 4.78 is 51.6. The number of hydrogen-bond donors (Lipinski definition) is 1. The molecule has 0 spiro atoms. The topological polar surface area (TPSA) is 63.9 Å². The summed E-state index contributed by atoms with van der Waals surface area (Å²) in [5.41, 5.74) is 1.38. The van der Waals surface area contributed by atoms with Crippen LogP contribution in [-0.2, 0) is 32.7 Å². The van der Waals surface area contributed by atoms with Crippen LogP contribution in [0.1, 0.15) is 29.3 Å². The Morgan fingerprint density at radius 3 is 2.42 bits per heavy atom. The van der Waals surface area contributed by atoms with Crippen molar-refractivity contribution in [3.05, 3.63) is 40.7 Å². The van der Waals surface area contributed by atoms with Gasteiger partial charge in [-0.05, 0) is 36.6 Å². The molecule has 0 atom stereocenters. The van der Waals surface area contributed by atoms with Crippen molar-refractivity contribution in [2.75, 3.05) is 27.3 Å². The molecule has 1 aromatic heterocycles. The van der Waals surface area contributed by atoms with E-state index in [1.807, 2.05) is 24.0 Å². The van der Waals surface area contributed by atoms with Crippen LogP contribution in [0.25, 0.3) is 0 Å². The van der Waals surface area contributed by atoms with Gasteiger partial charge in [-0.15, -0.1) is 24.0 Å². The van der Waals surface area contributed by atoms with Crippen LogP contribution in [0.3, 0.4) is 0 Å². The molecule has 0 saturated heterocycles. The second kappa shape index (κ2) is 10.4. The smallest absolute Gasteiger partial charge is 0.435 e. The second-order valence-corrected chi connectivity index (χ2v) is 6.99. The standard InChI is InChI=1S/C20H26F3N5O2.HI/c1-5-24-19(25-10-15-11-27(2)26-18(15)20(21,22)23)28-7-6-13-8-16(29-3)17(30-4)9-14(13)12-28;/h8-9,11H,5-7,10,12H2,1-4H3,(H,24,25);1H. The third-order valence-corrected chi connectivity index (χ3v) is 4.92. The summed E-state index contributed by atoms with van der Waals surface area (Å²) in [5.74, 6) is 1.89. The van der Waals surface area contributed by atoms with E-state index in [1.165, 1.54) is 13.2 Å². The fourth-order valence-corrected chi connectivity index (χ4v) is 3.54. The van der Waals surface area contributed by atoms with Gasteiger partial charge in [0.25, 0.3) is 0 Å². The molecule has 1 aliphatic rings. The van der Waals surface area contributed by atoms with Crippen molar-refractivity contribution in [2.45, 2.75) is 32.6 Å². The zero-order valence-electron chi connectivity index (χ0n) is 17.9. The maximum Gasteiger partial charge on any atom is 0.435 e. The normalized spacial score (nSPS) is 14.0. The lowest BCUT2D eigenvalue weighted by Crippen LogP contribution is -2.44. The number of guanidine groups is 1. The van der Waals surface area contributed by atoms with Crippen molar-refractivity contribution >= 4 is 29.9 Å². The number of fused-ring (bicyclic) bond motifs is 1. The highest BCUT2D eigenvalue weighted by atomic mass is 127. The van der Waals surface area contributed by atoms with E-state index in [9.17, 15) is 13.2 Å². The third-order valence-electron chi connectivity index (χ3n) is 4.92. The Bertz CT molecular complexity index is 930. The molecule has 0 bridgehead atoms. The summed E-state index contributed by atoms with van der Waals surface area (Å²) in [4.78, 5) is 6.50. The molecule has 0 unspecified atom stereocenters. The fourth-order valence-electron chi connectivity index (χ4n) is 3.54. The van der Waals surface area contributed by atoms with Crippen LogP contribution in [0.5, 0.6) is 11.5 Å². The highest BCUT2D eigenvalue weighted by molar-refractivity contribution is 14.0. The van der Waals surface area contributed by atoms with E-state index in [4.69, 9.17) is 9.47 Å². The predicted octanol–water partition coefficient (Wildman–Crippen LogP) is 3.60. The number of aliphatic imine (C=N–C) groups is 1. The van der Waals surface area contributed by atoms with Gasteiger partial charge in [-0.3, -0.25) is 4.68 Å². The summed E-state index contributed by atoms with van der Waals surface area (Å²) in [6, 6.07) is 3.91. The minimum atomic E-state index is -4.51. The Hall–Kier alpha value is -2.18. The number of nitrogens with zero attached hydrogens (tertiary/aromatic N) is 4. The van der Waals surface area contributed by atoms with Crippen molar-refractivity contribution in [2.24, 2.45) is 12.0 Å². The van der Waals surface area contributed by atoms with E-state index in [2.05, 4.69) is 15.4 Å². The average Bonchev–Trinajstić information content (AvgIpc) is 3.10. The monoisotopic (exact) mass is 553 g/mol. The van der Waals surface area contributed by atoms with E-state index in [1.54, 1.807) is 14.2 Å². The summed E-state index contributed by atoms with van der Waals surface area (Å²) in [7, 11) is 4.66. The molecule has 11 heteroatoms. The van der Waals surface area contributed by atoms with Crippen molar-refractivity contribution in [3.8, 4) is 11.5 Å². The number of rotatable bonds is 5. The zero-order chi connectivity index (χ0) is 21.9. The Balaban J connectivity index is 0.00000341. The lowest BCUT2D eigenvalue weighted by Gasteiger charge is -2.32. The second-order valence-electron chi connectivity index (χ2n) is 6.99. The molecule has 1 aliphatic heterocycles. The van der Waals surface area contributed by atoms with Crippen LogP contribution in [0, 0.1) is 0 Å². The van der Waals surface area contributed by atoms with Crippen LogP contribution in [0.15, 0.2) is 23.3 Å². The lowest BCUT2D eigenvalue weighted by atomic mass is 9.99. The molecule has 0 fully saturated rings. The predicted molar refractivity (Wildman–Crippen MR) is 122 cm³/mol. The first kappa shape index (κ1) is 25.1.